The molecule has 2 amide bonds. The Balaban J connectivity index is 1.47. The summed E-state index contributed by atoms with van der Waals surface area (Å²) in [6, 6.07) is 15.6. The summed E-state index contributed by atoms with van der Waals surface area (Å²) in [6.45, 7) is 3.16. The van der Waals surface area contributed by atoms with Crippen molar-refractivity contribution in [3.8, 4) is 5.75 Å². The van der Waals surface area contributed by atoms with Crippen LogP contribution in [0, 0.1) is 0 Å². The number of carbonyl (C=O) groups excluding carboxylic acids is 2. The van der Waals surface area contributed by atoms with Crippen molar-refractivity contribution in [3.63, 3.8) is 0 Å². The zero-order valence-electron chi connectivity index (χ0n) is 16.9. The van der Waals surface area contributed by atoms with E-state index in [1.54, 1.807) is 24.3 Å². The molecular formula is C23H28N2O3. The number of carbonyl (C=O) groups is 2. The quantitative estimate of drug-likeness (QED) is 0.484. The lowest BCUT2D eigenvalue weighted by molar-refractivity contribution is 0.0649. The van der Waals surface area contributed by atoms with Crippen LogP contribution in [0.25, 0.3) is 0 Å². The highest BCUT2D eigenvalue weighted by Gasteiger charge is 2.34. The molecule has 28 heavy (non-hydrogen) atoms. The van der Waals surface area contributed by atoms with Gasteiger partial charge in [-0.05, 0) is 63.2 Å². The Labute approximate surface area is 166 Å². The molecule has 0 spiro atoms. The molecule has 1 heterocycles. The Bertz CT molecular complexity index is 812. The second-order valence-corrected chi connectivity index (χ2v) is 7.32. The van der Waals surface area contributed by atoms with Gasteiger partial charge in [0.1, 0.15) is 5.75 Å². The molecule has 5 heteroatoms. The van der Waals surface area contributed by atoms with Crippen LogP contribution in [0.4, 0.5) is 0 Å². The molecule has 1 aliphatic heterocycles. The highest BCUT2D eigenvalue weighted by molar-refractivity contribution is 6.21. The van der Waals surface area contributed by atoms with Gasteiger partial charge in [-0.25, -0.2) is 0 Å². The summed E-state index contributed by atoms with van der Waals surface area (Å²) >= 11 is 0. The van der Waals surface area contributed by atoms with Gasteiger partial charge >= 0.3 is 0 Å². The lowest BCUT2D eigenvalue weighted by Gasteiger charge is -2.23. The molecule has 5 nitrogen and oxygen atoms in total. The molecule has 0 aliphatic carbocycles. The third kappa shape index (κ3) is 4.25. The third-order valence-electron chi connectivity index (χ3n) is 5.18. The number of imide groups is 1. The molecule has 0 N–H and O–H groups in total. The molecule has 0 aromatic heterocycles. The summed E-state index contributed by atoms with van der Waals surface area (Å²) in [5, 5.41) is 0. The average Bonchev–Trinajstić information content (AvgIpc) is 2.93. The Hall–Kier alpha value is -2.66. The number of hydrogen-bond acceptors (Lipinski definition) is 4. The maximum absolute atomic E-state index is 12.3. The average molecular weight is 380 g/mol. The second kappa shape index (κ2) is 9.02. The number of hydrogen-bond donors (Lipinski definition) is 0. The minimum Gasteiger partial charge on any atom is -0.494 e. The van der Waals surface area contributed by atoms with Gasteiger partial charge in [-0.15, -0.1) is 0 Å². The van der Waals surface area contributed by atoms with E-state index < -0.39 is 0 Å². The normalized spacial score (nSPS) is 14.5. The van der Waals surface area contributed by atoms with Crippen LogP contribution in [-0.2, 0) is 0 Å². The molecule has 0 saturated carbocycles. The van der Waals surface area contributed by atoms with Crippen LogP contribution in [0.2, 0.25) is 0 Å². The molecule has 0 fully saturated rings. The van der Waals surface area contributed by atoms with Crippen molar-refractivity contribution >= 4 is 11.8 Å². The summed E-state index contributed by atoms with van der Waals surface area (Å²) in [5.74, 6) is 0.477. The lowest BCUT2D eigenvalue weighted by atomic mass is 10.0. The first-order chi connectivity index (χ1) is 13.5. The van der Waals surface area contributed by atoms with Crippen molar-refractivity contribution < 1.29 is 14.3 Å². The topological polar surface area (TPSA) is 49.9 Å². The van der Waals surface area contributed by atoms with Gasteiger partial charge in [0.2, 0.25) is 0 Å². The zero-order chi connectivity index (χ0) is 20.1. The van der Waals surface area contributed by atoms with Gasteiger partial charge in [0, 0.05) is 12.6 Å². The van der Waals surface area contributed by atoms with Crippen molar-refractivity contribution in [3.05, 3.63) is 65.2 Å². The van der Waals surface area contributed by atoms with Gasteiger partial charge in [-0.2, -0.15) is 0 Å². The number of fused-ring (bicyclic) bond motifs is 1. The Kier molecular flexibility index (Phi) is 6.47. The molecule has 1 unspecified atom stereocenters. The van der Waals surface area contributed by atoms with Crippen molar-refractivity contribution in [2.75, 3.05) is 27.2 Å². The van der Waals surface area contributed by atoms with Crippen LogP contribution in [-0.4, -0.2) is 48.9 Å². The predicted molar refractivity (Wildman–Crippen MR) is 110 cm³/mol. The molecule has 1 aliphatic rings. The maximum Gasteiger partial charge on any atom is 0.261 e. The van der Waals surface area contributed by atoms with Crippen LogP contribution in [0.15, 0.2) is 48.5 Å². The van der Waals surface area contributed by atoms with Gasteiger partial charge in [-0.3, -0.25) is 14.5 Å². The number of nitrogens with zero attached hydrogens (tertiary/aromatic N) is 2. The first-order valence-electron chi connectivity index (χ1n) is 9.87. The third-order valence-corrected chi connectivity index (χ3v) is 5.18. The molecule has 2 aromatic rings. The van der Waals surface area contributed by atoms with E-state index in [4.69, 9.17) is 4.74 Å². The van der Waals surface area contributed by atoms with Crippen LogP contribution in [0.5, 0.6) is 5.75 Å². The van der Waals surface area contributed by atoms with Gasteiger partial charge in [0.15, 0.2) is 0 Å². The maximum atomic E-state index is 12.3. The van der Waals surface area contributed by atoms with E-state index in [-0.39, 0.29) is 11.8 Å². The SMILES string of the molecule is CCC(c1cccc(OCCCCN2C(=O)c3ccccc3C2=O)c1)N(C)C. The minimum absolute atomic E-state index is 0.191. The van der Waals surface area contributed by atoms with E-state index in [2.05, 4.69) is 38.1 Å². The summed E-state index contributed by atoms with van der Waals surface area (Å²) in [5.41, 5.74) is 2.26. The molecular weight excluding hydrogens is 352 g/mol. The molecule has 0 bridgehead atoms. The van der Waals surface area contributed by atoms with Crippen LogP contribution in [0.1, 0.15) is 58.5 Å². The summed E-state index contributed by atoms with van der Waals surface area (Å²) in [7, 11) is 4.17. The van der Waals surface area contributed by atoms with Crippen LogP contribution >= 0.6 is 0 Å². The monoisotopic (exact) mass is 380 g/mol. The first-order valence-corrected chi connectivity index (χ1v) is 9.87. The number of benzene rings is 2. The van der Waals surface area contributed by atoms with Crippen molar-refractivity contribution in [1.82, 2.24) is 9.80 Å². The van der Waals surface area contributed by atoms with E-state index >= 15 is 0 Å². The van der Waals surface area contributed by atoms with Gasteiger partial charge < -0.3 is 9.64 Å². The van der Waals surface area contributed by atoms with Gasteiger partial charge in [0.05, 0.1) is 17.7 Å². The number of unbranched alkanes of at least 4 members (excludes halogenated alkanes) is 1. The predicted octanol–water partition coefficient (Wildman–Crippen LogP) is 4.15. The fourth-order valence-electron chi connectivity index (χ4n) is 3.71. The van der Waals surface area contributed by atoms with E-state index in [1.165, 1.54) is 10.5 Å². The molecule has 1 atom stereocenters. The highest BCUT2D eigenvalue weighted by Crippen LogP contribution is 2.25. The van der Waals surface area contributed by atoms with E-state index in [0.29, 0.717) is 30.3 Å². The van der Waals surface area contributed by atoms with Crippen molar-refractivity contribution in [2.45, 2.75) is 32.2 Å². The molecule has 0 saturated heterocycles. The molecule has 0 radical (unpaired) electrons. The zero-order valence-corrected chi connectivity index (χ0v) is 16.9. The van der Waals surface area contributed by atoms with Crippen molar-refractivity contribution in [1.29, 1.82) is 0 Å². The highest BCUT2D eigenvalue weighted by atomic mass is 16.5. The van der Waals surface area contributed by atoms with E-state index in [0.717, 1.165) is 25.0 Å². The fourth-order valence-corrected chi connectivity index (χ4v) is 3.71. The van der Waals surface area contributed by atoms with Crippen molar-refractivity contribution in [2.24, 2.45) is 0 Å². The summed E-state index contributed by atoms with van der Waals surface area (Å²) in [4.78, 5) is 28.2. The number of rotatable bonds is 9. The van der Waals surface area contributed by atoms with Gasteiger partial charge in [0.25, 0.3) is 11.8 Å². The largest absolute Gasteiger partial charge is 0.494 e. The molecule has 3 rings (SSSR count). The molecule has 2 aromatic carbocycles. The van der Waals surface area contributed by atoms with Crippen LogP contribution in [0.3, 0.4) is 0 Å². The summed E-state index contributed by atoms with van der Waals surface area (Å²) < 4.78 is 5.89. The van der Waals surface area contributed by atoms with Crippen LogP contribution < -0.4 is 4.74 Å². The summed E-state index contributed by atoms with van der Waals surface area (Å²) in [6.07, 6.45) is 2.54. The fraction of sp³-hybridized carbons (Fsp3) is 0.391. The lowest BCUT2D eigenvalue weighted by Crippen LogP contribution is -2.30. The molecule has 148 valence electrons. The number of amides is 2. The smallest absolute Gasteiger partial charge is 0.261 e. The minimum atomic E-state index is -0.191. The Morgan fingerprint density at radius 1 is 0.964 bits per heavy atom. The standard InChI is InChI=1S/C23H28N2O3/c1-4-21(24(2)3)17-10-9-11-18(16-17)28-15-8-7-14-25-22(26)19-12-5-6-13-20(19)23(25)27/h5-6,9-13,16,21H,4,7-8,14-15H2,1-3H3. The Morgan fingerprint density at radius 3 is 2.25 bits per heavy atom. The van der Waals surface area contributed by atoms with Gasteiger partial charge in [-0.1, -0.05) is 31.2 Å². The van der Waals surface area contributed by atoms with E-state index in [1.807, 2.05) is 12.1 Å². The second-order valence-electron chi connectivity index (χ2n) is 7.32. The first kappa shape index (κ1) is 20.1. The Morgan fingerprint density at radius 2 is 1.64 bits per heavy atom. The van der Waals surface area contributed by atoms with E-state index in [9.17, 15) is 9.59 Å². The number of ether oxygens (including phenoxy) is 1.